The van der Waals surface area contributed by atoms with Crippen molar-refractivity contribution in [2.45, 2.75) is 18.9 Å². The zero-order chi connectivity index (χ0) is 9.42. The number of rotatable bonds is 2. The quantitative estimate of drug-likeness (QED) is 0.879. The Bertz CT molecular complexity index is 326. The van der Waals surface area contributed by atoms with E-state index in [1.807, 2.05) is 18.2 Å². The van der Waals surface area contributed by atoms with E-state index >= 15 is 0 Å². The van der Waals surface area contributed by atoms with Gasteiger partial charge in [0, 0.05) is 15.5 Å². The minimum atomic E-state index is 0. The van der Waals surface area contributed by atoms with E-state index in [0.29, 0.717) is 5.92 Å². The molecule has 0 spiro atoms. The lowest BCUT2D eigenvalue weighted by Crippen LogP contribution is -2.12. The van der Waals surface area contributed by atoms with Gasteiger partial charge in [-0.15, -0.1) is 12.4 Å². The fourth-order valence-electron chi connectivity index (χ4n) is 1.48. The number of halogens is 3. The summed E-state index contributed by atoms with van der Waals surface area (Å²) < 4.78 is 1.03. The molecule has 2 N–H and O–H groups in total. The van der Waals surface area contributed by atoms with E-state index in [9.17, 15) is 0 Å². The molecule has 1 saturated carbocycles. The molecule has 0 aromatic heterocycles. The molecule has 1 atom stereocenters. The normalized spacial score (nSPS) is 17.4. The van der Waals surface area contributed by atoms with Crippen molar-refractivity contribution in [3.8, 4) is 0 Å². The van der Waals surface area contributed by atoms with E-state index in [1.165, 1.54) is 18.4 Å². The van der Waals surface area contributed by atoms with Crippen molar-refractivity contribution in [1.29, 1.82) is 0 Å². The highest BCUT2D eigenvalue weighted by Crippen LogP contribution is 2.41. The zero-order valence-electron chi connectivity index (χ0n) is 7.54. The maximum atomic E-state index is 6.08. The second kappa shape index (κ2) is 4.84. The summed E-state index contributed by atoms with van der Waals surface area (Å²) in [5.41, 5.74) is 7.25. The van der Waals surface area contributed by atoms with Gasteiger partial charge >= 0.3 is 0 Å². The number of hydrogen-bond donors (Lipinski definition) is 1. The van der Waals surface area contributed by atoms with Crippen LogP contribution in [0.4, 0.5) is 0 Å². The van der Waals surface area contributed by atoms with E-state index in [4.69, 9.17) is 17.3 Å². The predicted octanol–water partition coefficient (Wildman–Crippen LogP) is 3.93. The Morgan fingerprint density at radius 3 is 2.57 bits per heavy atom. The van der Waals surface area contributed by atoms with Gasteiger partial charge in [0.25, 0.3) is 0 Å². The molecule has 14 heavy (non-hydrogen) atoms. The third kappa shape index (κ3) is 2.63. The van der Waals surface area contributed by atoms with Crippen LogP contribution in [-0.2, 0) is 0 Å². The summed E-state index contributed by atoms with van der Waals surface area (Å²) >= 11 is 9.33. The van der Waals surface area contributed by atoms with Gasteiger partial charge in [0.05, 0.1) is 0 Å². The minimum Gasteiger partial charge on any atom is -0.324 e. The lowest BCUT2D eigenvalue weighted by atomic mass is 10.0. The molecule has 1 aromatic carbocycles. The first-order valence-electron chi connectivity index (χ1n) is 4.39. The average molecular weight is 297 g/mol. The molecule has 2 rings (SSSR count). The van der Waals surface area contributed by atoms with Gasteiger partial charge in [-0.2, -0.15) is 0 Å². The molecule has 0 aliphatic heterocycles. The molecule has 1 aliphatic carbocycles. The molecule has 0 heterocycles. The number of benzene rings is 1. The van der Waals surface area contributed by atoms with E-state index in [-0.39, 0.29) is 18.4 Å². The van der Waals surface area contributed by atoms with Crippen LogP contribution in [0.3, 0.4) is 0 Å². The molecule has 1 fully saturated rings. The molecule has 1 aliphatic rings. The first-order valence-corrected chi connectivity index (χ1v) is 5.56. The van der Waals surface area contributed by atoms with Crippen LogP contribution in [0.15, 0.2) is 22.7 Å². The van der Waals surface area contributed by atoms with Gasteiger partial charge in [-0.05, 0) is 36.5 Å². The molecular weight excluding hydrogens is 285 g/mol. The van der Waals surface area contributed by atoms with Crippen molar-refractivity contribution in [2.75, 3.05) is 0 Å². The Morgan fingerprint density at radius 2 is 2.07 bits per heavy atom. The smallest absolute Gasteiger partial charge is 0.0417 e. The molecule has 0 saturated heterocycles. The summed E-state index contributed by atoms with van der Waals surface area (Å²) in [5, 5.41) is 0.749. The van der Waals surface area contributed by atoms with E-state index in [2.05, 4.69) is 15.9 Å². The van der Waals surface area contributed by atoms with E-state index < -0.39 is 0 Å². The van der Waals surface area contributed by atoms with Crippen molar-refractivity contribution in [2.24, 2.45) is 11.7 Å². The fourth-order valence-corrected chi connectivity index (χ4v) is 2.43. The third-order valence-corrected chi connectivity index (χ3v) is 3.37. The molecular formula is C10H12BrCl2N. The summed E-state index contributed by atoms with van der Waals surface area (Å²) in [7, 11) is 0. The van der Waals surface area contributed by atoms with Crippen LogP contribution in [0, 0.1) is 5.92 Å². The molecule has 0 amide bonds. The van der Waals surface area contributed by atoms with Gasteiger partial charge in [0.15, 0.2) is 0 Å². The van der Waals surface area contributed by atoms with Crippen LogP contribution in [0.2, 0.25) is 5.02 Å². The van der Waals surface area contributed by atoms with Crippen molar-refractivity contribution in [3.63, 3.8) is 0 Å². The summed E-state index contributed by atoms with van der Waals surface area (Å²) in [6.45, 7) is 0. The fraction of sp³-hybridized carbons (Fsp3) is 0.400. The summed E-state index contributed by atoms with van der Waals surface area (Å²) in [5.74, 6) is 0.678. The lowest BCUT2D eigenvalue weighted by Gasteiger charge is -2.12. The van der Waals surface area contributed by atoms with Gasteiger partial charge in [-0.25, -0.2) is 0 Å². The molecule has 0 radical (unpaired) electrons. The molecule has 1 nitrogen and oxygen atoms in total. The lowest BCUT2D eigenvalue weighted by molar-refractivity contribution is 0.631. The molecule has 0 bridgehead atoms. The highest BCUT2D eigenvalue weighted by Gasteiger charge is 2.30. The Balaban J connectivity index is 0.000000980. The van der Waals surface area contributed by atoms with Crippen LogP contribution in [-0.4, -0.2) is 0 Å². The number of nitrogens with two attached hydrogens (primary N) is 1. The highest BCUT2D eigenvalue weighted by atomic mass is 79.9. The topological polar surface area (TPSA) is 26.0 Å². The maximum absolute atomic E-state index is 6.08. The van der Waals surface area contributed by atoms with E-state index in [1.54, 1.807) is 0 Å². The Hall–Kier alpha value is 0.240. The monoisotopic (exact) mass is 295 g/mol. The van der Waals surface area contributed by atoms with Gasteiger partial charge in [0.2, 0.25) is 0 Å². The van der Waals surface area contributed by atoms with Gasteiger partial charge in [-0.3, -0.25) is 0 Å². The van der Waals surface area contributed by atoms with Crippen LogP contribution in [0.25, 0.3) is 0 Å². The summed E-state index contributed by atoms with van der Waals surface area (Å²) in [6.07, 6.45) is 2.52. The summed E-state index contributed by atoms with van der Waals surface area (Å²) in [6, 6.07) is 5.98. The Kier molecular flexibility index (Phi) is 4.26. The van der Waals surface area contributed by atoms with Gasteiger partial charge < -0.3 is 5.73 Å². The van der Waals surface area contributed by atoms with Crippen molar-refractivity contribution in [3.05, 3.63) is 33.3 Å². The first-order chi connectivity index (χ1) is 6.18. The molecule has 4 heteroatoms. The van der Waals surface area contributed by atoms with Gasteiger partial charge in [0.1, 0.15) is 0 Å². The minimum absolute atomic E-state index is 0. The van der Waals surface area contributed by atoms with Crippen LogP contribution in [0.1, 0.15) is 24.4 Å². The standard InChI is InChI=1S/C10H11BrClN.ClH/c11-9-5-7(12)3-4-8(9)10(13)6-1-2-6;/h3-6,10H,1-2,13H2;1H/t10-;/m1./s1. The SMILES string of the molecule is Cl.N[C@@H](c1ccc(Cl)cc1Br)C1CC1. The van der Waals surface area contributed by atoms with Crippen molar-refractivity contribution >= 4 is 39.9 Å². The largest absolute Gasteiger partial charge is 0.324 e. The summed E-state index contributed by atoms with van der Waals surface area (Å²) in [4.78, 5) is 0. The zero-order valence-corrected chi connectivity index (χ0v) is 10.7. The number of hydrogen-bond acceptors (Lipinski definition) is 1. The van der Waals surface area contributed by atoms with E-state index in [0.717, 1.165) is 9.50 Å². The molecule has 78 valence electrons. The van der Waals surface area contributed by atoms with Crippen LogP contribution in [0.5, 0.6) is 0 Å². The Labute approximate surface area is 104 Å². The van der Waals surface area contributed by atoms with Crippen molar-refractivity contribution in [1.82, 2.24) is 0 Å². The van der Waals surface area contributed by atoms with Gasteiger partial charge in [-0.1, -0.05) is 33.6 Å². The maximum Gasteiger partial charge on any atom is 0.0417 e. The van der Waals surface area contributed by atoms with Crippen molar-refractivity contribution < 1.29 is 0 Å². The average Bonchev–Trinajstić information content (AvgIpc) is 2.85. The second-order valence-electron chi connectivity index (χ2n) is 3.53. The predicted molar refractivity (Wildman–Crippen MR) is 66.1 cm³/mol. The molecule has 0 unspecified atom stereocenters. The first kappa shape index (κ1) is 12.3. The van der Waals surface area contributed by atoms with Crippen LogP contribution < -0.4 is 5.73 Å². The Morgan fingerprint density at radius 1 is 1.43 bits per heavy atom. The van der Waals surface area contributed by atoms with Crippen LogP contribution >= 0.6 is 39.9 Å². The molecule has 1 aromatic rings. The third-order valence-electron chi connectivity index (χ3n) is 2.45. The second-order valence-corrected chi connectivity index (χ2v) is 4.82. The highest BCUT2D eigenvalue weighted by molar-refractivity contribution is 9.10.